The van der Waals surface area contributed by atoms with Crippen LogP contribution < -0.4 is 4.90 Å². The molecule has 0 saturated heterocycles. The average Bonchev–Trinajstić information content (AvgIpc) is 2.50. The van der Waals surface area contributed by atoms with Crippen molar-refractivity contribution in [3.63, 3.8) is 0 Å². The monoisotopic (exact) mass is 292 g/mol. The summed E-state index contributed by atoms with van der Waals surface area (Å²) in [5.41, 5.74) is 0.929. The second-order valence-electron chi connectivity index (χ2n) is 5.14. The second kappa shape index (κ2) is 9.53. The van der Waals surface area contributed by atoms with Crippen LogP contribution in [0.25, 0.3) is 0 Å². The van der Waals surface area contributed by atoms with E-state index >= 15 is 0 Å². The predicted molar refractivity (Wildman–Crippen MR) is 87.5 cm³/mol. The smallest absolute Gasteiger partial charge is 0.241 e. The van der Waals surface area contributed by atoms with Crippen LogP contribution in [0.15, 0.2) is 30.3 Å². The first-order chi connectivity index (χ1) is 10.2. The van der Waals surface area contributed by atoms with E-state index in [1.807, 2.05) is 37.3 Å². The van der Waals surface area contributed by atoms with Gasteiger partial charge in [0, 0.05) is 24.8 Å². The van der Waals surface area contributed by atoms with Gasteiger partial charge in [-0.15, -0.1) is 0 Å². The highest BCUT2D eigenvalue weighted by Crippen LogP contribution is 2.15. The molecule has 1 amide bonds. The number of hydrogen-bond acceptors (Lipinski definition) is 3. The van der Waals surface area contributed by atoms with Crippen LogP contribution in [0, 0.1) is 0 Å². The predicted octanol–water partition coefficient (Wildman–Crippen LogP) is 2.52. The quantitative estimate of drug-likeness (QED) is 0.760. The molecule has 1 aromatic carbocycles. The van der Waals surface area contributed by atoms with Crippen molar-refractivity contribution in [3.05, 3.63) is 30.3 Å². The molecule has 0 aliphatic heterocycles. The highest BCUT2D eigenvalue weighted by molar-refractivity contribution is 5.94. The summed E-state index contributed by atoms with van der Waals surface area (Å²) in [5.74, 6) is 0.0871. The van der Waals surface area contributed by atoms with Gasteiger partial charge in [-0.1, -0.05) is 32.0 Å². The average molecular weight is 292 g/mol. The first-order valence-electron chi connectivity index (χ1n) is 7.88. The van der Waals surface area contributed by atoms with Crippen LogP contribution in [0.4, 0.5) is 5.69 Å². The van der Waals surface area contributed by atoms with Gasteiger partial charge in [-0.2, -0.15) is 0 Å². The third-order valence-corrected chi connectivity index (χ3v) is 3.87. The maximum Gasteiger partial charge on any atom is 0.241 e. The Morgan fingerprint density at radius 3 is 2.24 bits per heavy atom. The van der Waals surface area contributed by atoms with Crippen molar-refractivity contribution in [2.45, 2.75) is 39.7 Å². The molecule has 4 heteroatoms. The van der Waals surface area contributed by atoms with Gasteiger partial charge in [0.05, 0.1) is 13.2 Å². The lowest BCUT2D eigenvalue weighted by Gasteiger charge is -2.31. The molecule has 1 rings (SSSR count). The summed E-state index contributed by atoms with van der Waals surface area (Å²) in [5, 5.41) is 9.24. The van der Waals surface area contributed by atoms with Crippen molar-refractivity contribution in [3.8, 4) is 0 Å². The summed E-state index contributed by atoms with van der Waals surface area (Å²) in [6.45, 7) is 7.87. The number of hydrogen-bond donors (Lipinski definition) is 1. The van der Waals surface area contributed by atoms with Gasteiger partial charge in [0.25, 0.3) is 0 Å². The first-order valence-corrected chi connectivity index (χ1v) is 7.88. The summed E-state index contributed by atoms with van der Waals surface area (Å²) in [7, 11) is 0. The maximum atomic E-state index is 12.6. The fourth-order valence-electron chi connectivity index (χ4n) is 2.69. The molecule has 1 aromatic rings. The molecule has 0 fully saturated rings. The number of carbonyl (C=O) groups excluding carboxylic acids is 1. The van der Waals surface area contributed by atoms with E-state index in [2.05, 4.69) is 18.7 Å². The van der Waals surface area contributed by atoms with E-state index < -0.39 is 0 Å². The molecular weight excluding hydrogens is 264 g/mol. The first kappa shape index (κ1) is 17.7. The summed E-state index contributed by atoms with van der Waals surface area (Å²) in [4.78, 5) is 16.5. The summed E-state index contributed by atoms with van der Waals surface area (Å²) < 4.78 is 0. The van der Waals surface area contributed by atoms with Crippen molar-refractivity contribution in [2.75, 3.05) is 31.1 Å². The summed E-state index contributed by atoms with van der Waals surface area (Å²) >= 11 is 0. The number of benzene rings is 1. The normalized spacial score (nSPS) is 11.1. The fraction of sp³-hybridized carbons (Fsp3) is 0.588. The molecule has 0 aromatic heterocycles. The van der Waals surface area contributed by atoms with Crippen LogP contribution in [0.2, 0.25) is 0 Å². The molecule has 0 aliphatic carbocycles. The molecule has 0 aliphatic rings. The minimum Gasteiger partial charge on any atom is -0.395 e. The SMILES string of the molecule is CCC(CC)N(CCO)CC(=O)N(CC)c1ccccc1. The maximum absolute atomic E-state index is 12.6. The lowest BCUT2D eigenvalue weighted by Crippen LogP contribution is -2.45. The number of aliphatic hydroxyl groups excluding tert-OH is 1. The van der Waals surface area contributed by atoms with Crippen LogP contribution in [0.1, 0.15) is 33.6 Å². The highest BCUT2D eigenvalue weighted by Gasteiger charge is 2.21. The molecule has 0 radical (unpaired) electrons. The van der Waals surface area contributed by atoms with E-state index in [1.54, 1.807) is 4.90 Å². The second-order valence-corrected chi connectivity index (χ2v) is 5.14. The Morgan fingerprint density at radius 1 is 1.14 bits per heavy atom. The van der Waals surface area contributed by atoms with Gasteiger partial charge in [-0.3, -0.25) is 9.69 Å². The number of aliphatic hydroxyl groups is 1. The van der Waals surface area contributed by atoms with Crippen LogP contribution in [-0.4, -0.2) is 48.2 Å². The Kier molecular flexibility index (Phi) is 8.01. The Hall–Kier alpha value is -1.39. The molecule has 0 heterocycles. The molecule has 0 atom stereocenters. The number of para-hydroxylation sites is 1. The highest BCUT2D eigenvalue weighted by atomic mass is 16.3. The van der Waals surface area contributed by atoms with E-state index in [4.69, 9.17) is 0 Å². The number of likely N-dealkylation sites (N-methyl/N-ethyl adjacent to an activating group) is 1. The molecule has 0 unspecified atom stereocenters. The summed E-state index contributed by atoms with van der Waals surface area (Å²) in [6.07, 6.45) is 1.97. The largest absolute Gasteiger partial charge is 0.395 e. The number of rotatable bonds is 9. The number of nitrogens with zero attached hydrogens (tertiary/aromatic N) is 2. The topological polar surface area (TPSA) is 43.8 Å². The zero-order chi connectivity index (χ0) is 15.7. The zero-order valence-electron chi connectivity index (χ0n) is 13.5. The van der Waals surface area contributed by atoms with Gasteiger partial charge in [-0.05, 0) is 31.9 Å². The van der Waals surface area contributed by atoms with Crippen LogP contribution >= 0.6 is 0 Å². The molecular formula is C17H28N2O2. The van der Waals surface area contributed by atoms with E-state index in [-0.39, 0.29) is 12.5 Å². The van der Waals surface area contributed by atoms with Crippen molar-refractivity contribution < 1.29 is 9.90 Å². The molecule has 0 bridgehead atoms. The fourth-order valence-corrected chi connectivity index (χ4v) is 2.69. The standard InChI is InChI=1S/C17H28N2O2/c1-4-15(5-2)18(12-13-20)14-17(21)19(6-3)16-10-8-7-9-11-16/h7-11,15,20H,4-6,12-14H2,1-3H3. The molecule has 1 N–H and O–H groups in total. The van der Waals surface area contributed by atoms with E-state index in [1.165, 1.54) is 0 Å². The lowest BCUT2D eigenvalue weighted by molar-refractivity contribution is -0.120. The Bertz CT molecular complexity index is 405. The molecule has 21 heavy (non-hydrogen) atoms. The van der Waals surface area contributed by atoms with Crippen LogP contribution in [0.5, 0.6) is 0 Å². The van der Waals surface area contributed by atoms with E-state index in [0.29, 0.717) is 25.7 Å². The third-order valence-electron chi connectivity index (χ3n) is 3.87. The van der Waals surface area contributed by atoms with Crippen molar-refractivity contribution >= 4 is 11.6 Å². The van der Waals surface area contributed by atoms with Gasteiger partial charge >= 0.3 is 0 Å². The molecule has 118 valence electrons. The minimum absolute atomic E-state index is 0.0846. The van der Waals surface area contributed by atoms with Crippen molar-refractivity contribution in [1.82, 2.24) is 4.90 Å². The van der Waals surface area contributed by atoms with E-state index in [9.17, 15) is 9.90 Å². The minimum atomic E-state index is 0.0846. The Morgan fingerprint density at radius 2 is 1.76 bits per heavy atom. The lowest BCUT2D eigenvalue weighted by atomic mass is 10.1. The van der Waals surface area contributed by atoms with Crippen LogP contribution in [0.3, 0.4) is 0 Å². The molecule has 4 nitrogen and oxygen atoms in total. The van der Waals surface area contributed by atoms with Gasteiger partial charge in [-0.25, -0.2) is 0 Å². The number of anilines is 1. The number of carbonyl (C=O) groups is 1. The van der Waals surface area contributed by atoms with Gasteiger partial charge in [0.1, 0.15) is 0 Å². The molecule has 0 spiro atoms. The van der Waals surface area contributed by atoms with E-state index in [0.717, 1.165) is 18.5 Å². The van der Waals surface area contributed by atoms with Gasteiger partial charge in [0.2, 0.25) is 5.91 Å². The third kappa shape index (κ3) is 5.14. The summed E-state index contributed by atoms with van der Waals surface area (Å²) in [6, 6.07) is 10.1. The zero-order valence-corrected chi connectivity index (χ0v) is 13.5. The van der Waals surface area contributed by atoms with Crippen molar-refractivity contribution in [2.24, 2.45) is 0 Å². The van der Waals surface area contributed by atoms with Crippen LogP contribution in [-0.2, 0) is 4.79 Å². The van der Waals surface area contributed by atoms with Gasteiger partial charge in [0.15, 0.2) is 0 Å². The number of amides is 1. The molecule has 0 saturated carbocycles. The van der Waals surface area contributed by atoms with Gasteiger partial charge < -0.3 is 10.0 Å². The van der Waals surface area contributed by atoms with Crippen molar-refractivity contribution in [1.29, 1.82) is 0 Å². The Labute approximate surface area is 128 Å². The Balaban J connectivity index is 2.79.